The molecule has 3 rings (SSSR count). The van der Waals surface area contributed by atoms with Crippen LogP contribution in [0.15, 0.2) is 54.9 Å². The molecule has 1 N–H and O–H groups in total. The number of Topliss-reactive ketones (excluding diaryl/α,β-unsaturated/α-hetero) is 1. The van der Waals surface area contributed by atoms with E-state index in [0.717, 1.165) is 12.1 Å². The van der Waals surface area contributed by atoms with Crippen LogP contribution in [-0.2, 0) is 0 Å². The standard InChI is InChI=1S/C18H11ClF2N2O/c19-13-4-1-11(2-5-13)17(24)15(18-22-7-8-23-18)9-12-3-6-14(20)10-16(12)21/h1-10H,(H,22,23)/b15-9-. The number of benzene rings is 2. The number of rotatable bonds is 4. The van der Waals surface area contributed by atoms with E-state index < -0.39 is 11.6 Å². The summed E-state index contributed by atoms with van der Waals surface area (Å²) in [6.07, 6.45) is 4.38. The Morgan fingerprint density at radius 2 is 1.88 bits per heavy atom. The molecule has 3 nitrogen and oxygen atoms in total. The summed E-state index contributed by atoms with van der Waals surface area (Å²) in [5.41, 5.74) is 0.627. The Morgan fingerprint density at radius 1 is 1.12 bits per heavy atom. The van der Waals surface area contributed by atoms with Crippen LogP contribution >= 0.6 is 11.6 Å². The van der Waals surface area contributed by atoms with E-state index in [0.29, 0.717) is 16.4 Å². The van der Waals surface area contributed by atoms with Gasteiger partial charge in [-0.3, -0.25) is 4.79 Å². The molecule has 1 aromatic heterocycles. The predicted octanol–water partition coefficient (Wildman–Crippen LogP) is 4.76. The smallest absolute Gasteiger partial charge is 0.196 e. The number of H-pyrrole nitrogens is 1. The van der Waals surface area contributed by atoms with E-state index in [1.54, 1.807) is 30.5 Å². The average Bonchev–Trinajstić information content (AvgIpc) is 3.08. The molecule has 0 unspecified atom stereocenters. The summed E-state index contributed by atoms with van der Waals surface area (Å²) < 4.78 is 27.0. The molecule has 1 heterocycles. The molecule has 24 heavy (non-hydrogen) atoms. The number of hydrogen-bond acceptors (Lipinski definition) is 2. The fourth-order valence-electron chi connectivity index (χ4n) is 2.18. The number of nitrogens with one attached hydrogen (secondary N) is 1. The fourth-order valence-corrected chi connectivity index (χ4v) is 2.31. The number of ketones is 1. The molecule has 120 valence electrons. The van der Waals surface area contributed by atoms with Gasteiger partial charge < -0.3 is 4.98 Å². The van der Waals surface area contributed by atoms with Gasteiger partial charge in [0.25, 0.3) is 0 Å². The van der Waals surface area contributed by atoms with E-state index >= 15 is 0 Å². The Hall–Kier alpha value is -2.79. The molecule has 0 aliphatic rings. The lowest BCUT2D eigenvalue weighted by molar-refractivity contribution is 0.105. The van der Waals surface area contributed by atoms with Gasteiger partial charge in [0.15, 0.2) is 5.78 Å². The first-order chi connectivity index (χ1) is 11.5. The van der Waals surface area contributed by atoms with Crippen LogP contribution < -0.4 is 0 Å². The highest BCUT2D eigenvalue weighted by molar-refractivity contribution is 6.33. The number of carbonyl (C=O) groups is 1. The largest absolute Gasteiger partial charge is 0.345 e. The second kappa shape index (κ2) is 6.76. The number of halogens is 3. The fraction of sp³-hybridized carbons (Fsp3) is 0. The summed E-state index contributed by atoms with van der Waals surface area (Å²) in [6, 6.07) is 9.48. The maximum Gasteiger partial charge on any atom is 0.196 e. The lowest BCUT2D eigenvalue weighted by Crippen LogP contribution is -2.04. The van der Waals surface area contributed by atoms with Crippen molar-refractivity contribution in [2.24, 2.45) is 0 Å². The summed E-state index contributed by atoms with van der Waals surface area (Å²) in [5, 5.41) is 0.500. The highest BCUT2D eigenvalue weighted by atomic mass is 35.5. The topological polar surface area (TPSA) is 45.8 Å². The molecule has 0 fully saturated rings. The van der Waals surface area contributed by atoms with Crippen molar-refractivity contribution in [1.29, 1.82) is 0 Å². The normalized spacial score (nSPS) is 11.5. The molecule has 0 saturated carbocycles. The van der Waals surface area contributed by atoms with Crippen LogP contribution in [-0.4, -0.2) is 15.8 Å². The minimum atomic E-state index is -0.761. The van der Waals surface area contributed by atoms with Gasteiger partial charge in [-0.25, -0.2) is 13.8 Å². The van der Waals surface area contributed by atoms with Gasteiger partial charge in [0, 0.05) is 34.6 Å². The van der Waals surface area contributed by atoms with Gasteiger partial charge in [0.2, 0.25) is 0 Å². The molecule has 0 spiro atoms. The Kier molecular flexibility index (Phi) is 4.53. The quantitative estimate of drug-likeness (QED) is 0.547. The lowest BCUT2D eigenvalue weighted by atomic mass is 10.00. The summed E-state index contributed by atoms with van der Waals surface area (Å²) in [4.78, 5) is 19.7. The minimum Gasteiger partial charge on any atom is -0.345 e. The molecule has 0 radical (unpaired) electrons. The maximum absolute atomic E-state index is 13.9. The lowest BCUT2D eigenvalue weighted by Gasteiger charge is -2.06. The van der Waals surface area contributed by atoms with E-state index in [9.17, 15) is 13.6 Å². The molecule has 2 aromatic carbocycles. The van der Waals surface area contributed by atoms with Gasteiger partial charge in [-0.2, -0.15) is 0 Å². The van der Waals surface area contributed by atoms with E-state index in [4.69, 9.17) is 11.6 Å². The van der Waals surface area contributed by atoms with Crippen molar-refractivity contribution in [3.05, 3.63) is 88.5 Å². The highest BCUT2D eigenvalue weighted by Gasteiger charge is 2.17. The van der Waals surface area contributed by atoms with Crippen LogP contribution in [0.5, 0.6) is 0 Å². The predicted molar refractivity (Wildman–Crippen MR) is 88.6 cm³/mol. The molecular weight excluding hydrogens is 334 g/mol. The van der Waals surface area contributed by atoms with Crippen molar-refractivity contribution in [3.8, 4) is 0 Å². The van der Waals surface area contributed by atoms with Gasteiger partial charge in [-0.1, -0.05) is 11.6 Å². The molecule has 0 aliphatic carbocycles. The second-order valence-corrected chi connectivity index (χ2v) is 5.43. The third kappa shape index (κ3) is 3.41. The van der Waals surface area contributed by atoms with E-state index in [-0.39, 0.29) is 16.9 Å². The van der Waals surface area contributed by atoms with Crippen molar-refractivity contribution in [2.75, 3.05) is 0 Å². The average molecular weight is 345 g/mol. The van der Waals surface area contributed by atoms with Crippen molar-refractivity contribution in [2.45, 2.75) is 0 Å². The highest BCUT2D eigenvalue weighted by Crippen LogP contribution is 2.23. The number of carbonyl (C=O) groups excluding carboxylic acids is 1. The maximum atomic E-state index is 13.9. The first-order valence-corrected chi connectivity index (χ1v) is 7.39. The molecule has 3 aromatic rings. The van der Waals surface area contributed by atoms with Crippen LogP contribution in [0.3, 0.4) is 0 Å². The van der Waals surface area contributed by atoms with Crippen molar-refractivity contribution >= 4 is 29.0 Å². The first-order valence-electron chi connectivity index (χ1n) is 7.01. The third-order valence-corrected chi connectivity index (χ3v) is 3.62. The monoisotopic (exact) mass is 344 g/mol. The zero-order valence-electron chi connectivity index (χ0n) is 12.3. The first kappa shape index (κ1) is 16.1. The Labute approximate surface area is 141 Å². The molecule has 0 saturated heterocycles. The molecule has 6 heteroatoms. The molecular formula is C18H11ClF2N2O. The molecule has 0 aliphatic heterocycles. The van der Waals surface area contributed by atoms with Crippen LogP contribution in [0.4, 0.5) is 8.78 Å². The number of aromatic amines is 1. The minimum absolute atomic E-state index is 0.0881. The third-order valence-electron chi connectivity index (χ3n) is 3.37. The SMILES string of the molecule is O=C(/C(=C/c1ccc(F)cc1F)c1ncc[nH]1)c1ccc(Cl)cc1. The summed E-state index contributed by atoms with van der Waals surface area (Å²) in [7, 11) is 0. The summed E-state index contributed by atoms with van der Waals surface area (Å²) in [6.45, 7) is 0. The van der Waals surface area contributed by atoms with Crippen LogP contribution in [0.1, 0.15) is 21.7 Å². The molecule has 0 atom stereocenters. The Balaban J connectivity index is 2.08. The van der Waals surface area contributed by atoms with E-state index in [2.05, 4.69) is 9.97 Å². The van der Waals surface area contributed by atoms with Crippen molar-refractivity contribution in [3.63, 3.8) is 0 Å². The van der Waals surface area contributed by atoms with E-state index in [1.165, 1.54) is 18.3 Å². The van der Waals surface area contributed by atoms with Gasteiger partial charge in [-0.05, 0) is 42.5 Å². The summed E-state index contributed by atoms with van der Waals surface area (Å²) in [5.74, 6) is -1.51. The van der Waals surface area contributed by atoms with Gasteiger partial charge in [0.05, 0.1) is 5.57 Å². The number of hydrogen-bond donors (Lipinski definition) is 1. The van der Waals surface area contributed by atoms with E-state index in [1.807, 2.05) is 0 Å². The van der Waals surface area contributed by atoms with Crippen LogP contribution in [0.25, 0.3) is 11.6 Å². The van der Waals surface area contributed by atoms with Crippen molar-refractivity contribution < 1.29 is 13.6 Å². The Morgan fingerprint density at radius 3 is 2.50 bits per heavy atom. The molecule has 0 bridgehead atoms. The van der Waals surface area contributed by atoms with Gasteiger partial charge >= 0.3 is 0 Å². The number of allylic oxidation sites excluding steroid dienone is 1. The van der Waals surface area contributed by atoms with Gasteiger partial charge in [-0.15, -0.1) is 0 Å². The van der Waals surface area contributed by atoms with Crippen LogP contribution in [0.2, 0.25) is 5.02 Å². The zero-order valence-corrected chi connectivity index (χ0v) is 13.0. The molecule has 0 amide bonds. The number of nitrogens with zero attached hydrogens (tertiary/aromatic N) is 1. The van der Waals surface area contributed by atoms with Gasteiger partial charge in [0.1, 0.15) is 17.5 Å². The summed E-state index contributed by atoms with van der Waals surface area (Å²) >= 11 is 5.83. The van der Waals surface area contributed by atoms with Crippen molar-refractivity contribution in [1.82, 2.24) is 9.97 Å². The number of imidazole rings is 1. The number of aromatic nitrogens is 2. The van der Waals surface area contributed by atoms with Crippen LogP contribution in [0, 0.1) is 11.6 Å². The zero-order chi connectivity index (χ0) is 17.1. The Bertz CT molecular complexity index is 903. The second-order valence-electron chi connectivity index (χ2n) is 5.00.